The summed E-state index contributed by atoms with van der Waals surface area (Å²) in [5.74, 6) is 0.840. The maximum Gasteiger partial charge on any atom is 0.240 e. The molecule has 0 amide bonds. The normalized spacial score (nSPS) is 12.0. The quantitative estimate of drug-likeness (QED) is 0.883. The van der Waals surface area contributed by atoms with Crippen LogP contribution in [0, 0.1) is 6.92 Å². The van der Waals surface area contributed by atoms with Crippen molar-refractivity contribution in [3.8, 4) is 11.8 Å². The minimum atomic E-state index is -0.223. The van der Waals surface area contributed by atoms with Crippen molar-refractivity contribution in [1.29, 1.82) is 0 Å². The highest BCUT2D eigenvalue weighted by atomic mass is 16.5. The van der Waals surface area contributed by atoms with E-state index in [9.17, 15) is 0 Å². The van der Waals surface area contributed by atoms with Crippen molar-refractivity contribution in [2.24, 2.45) is 5.73 Å². The van der Waals surface area contributed by atoms with Gasteiger partial charge in [0.05, 0.1) is 26.5 Å². The lowest BCUT2D eigenvalue weighted by molar-refractivity contribution is 0.352. The van der Waals surface area contributed by atoms with Crippen molar-refractivity contribution < 1.29 is 9.47 Å². The highest BCUT2D eigenvalue weighted by Crippen LogP contribution is 2.24. The van der Waals surface area contributed by atoms with E-state index in [1.165, 1.54) is 11.1 Å². The zero-order valence-corrected chi connectivity index (χ0v) is 12.7. The van der Waals surface area contributed by atoms with Gasteiger partial charge in [-0.2, -0.15) is 4.98 Å². The number of hydrogen-bond acceptors (Lipinski definition) is 5. The maximum absolute atomic E-state index is 6.23. The Morgan fingerprint density at radius 3 is 2.71 bits per heavy atom. The monoisotopic (exact) mass is 287 g/mol. The number of nitrogens with two attached hydrogens (primary N) is 1. The Kier molecular flexibility index (Phi) is 5.11. The molecule has 0 bridgehead atoms. The minimum absolute atomic E-state index is 0.223. The van der Waals surface area contributed by atoms with Crippen LogP contribution in [-0.4, -0.2) is 24.2 Å². The van der Waals surface area contributed by atoms with Crippen LogP contribution >= 0.6 is 0 Å². The smallest absolute Gasteiger partial charge is 0.240 e. The topological polar surface area (TPSA) is 70.3 Å². The summed E-state index contributed by atoms with van der Waals surface area (Å²) in [5, 5.41) is 0. The summed E-state index contributed by atoms with van der Waals surface area (Å²) in [5.41, 5.74) is 9.41. The Labute approximate surface area is 125 Å². The highest BCUT2D eigenvalue weighted by Gasteiger charge is 2.16. The van der Waals surface area contributed by atoms with Crippen molar-refractivity contribution in [1.82, 2.24) is 9.97 Å². The molecule has 2 N–H and O–H groups in total. The first kappa shape index (κ1) is 15.3. The molecule has 0 saturated carbocycles. The molecule has 2 rings (SSSR count). The van der Waals surface area contributed by atoms with E-state index < -0.39 is 0 Å². The molecular formula is C16H21N3O2. The zero-order valence-electron chi connectivity index (χ0n) is 12.7. The molecule has 0 spiro atoms. The number of ether oxygens (including phenoxy) is 2. The van der Waals surface area contributed by atoms with Gasteiger partial charge in [0.1, 0.15) is 5.69 Å². The minimum Gasteiger partial charge on any atom is -0.480 e. The van der Waals surface area contributed by atoms with E-state index in [2.05, 4.69) is 41.2 Å². The first-order valence-corrected chi connectivity index (χ1v) is 6.90. The van der Waals surface area contributed by atoms with Gasteiger partial charge in [0, 0.05) is 0 Å². The molecule has 0 aliphatic heterocycles. The van der Waals surface area contributed by atoms with Crippen molar-refractivity contribution in [3.63, 3.8) is 0 Å². The van der Waals surface area contributed by atoms with Crippen molar-refractivity contribution in [2.75, 3.05) is 14.2 Å². The number of methoxy groups -OCH3 is 2. The fourth-order valence-electron chi connectivity index (χ4n) is 2.20. The Morgan fingerprint density at radius 1 is 1.24 bits per heavy atom. The lowest BCUT2D eigenvalue weighted by Gasteiger charge is -2.14. The first-order chi connectivity index (χ1) is 10.1. The molecule has 1 heterocycles. The van der Waals surface area contributed by atoms with Crippen LogP contribution in [0.25, 0.3) is 0 Å². The van der Waals surface area contributed by atoms with E-state index in [0.29, 0.717) is 17.5 Å². The average Bonchev–Trinajstić information content (AvgIpc) is 2.52. The summed E-state index contributed by atoms with van der Waals surface area (Å²) in [6.45, 7) is 2.08. The SMILES string of the molecule is COc1cnc(C(N)CCc2cccc(C)c2)c(OC)n1. The highest BCUT2D eigenvalue weighted by molar-refractivity contribution is 5.26. The van der Waals surface area contributed by atoms with Gasteiger partial charge < -0.3 is 15.2 Å². The van der Waals surface area contributed by atoms with Gasteiger partial charge >= 0.3 is 0 Å². The molecule has 1 unspecified atom stereocenters. The van der Waals surface area contributed by atoms with E-state index in [1.807, 2.05) is 0 Å². The zero-order chi connectivity index (χ0) is 15.2. The van der Waals surface area contributed by atoms with Crippen LogP contribution in [0.2, 0.25) is 0 Å². The molecule has 112 valence electrons. The molecule has 1 aromatic heterocycles. The van der Waals surface area contributed by atoms with Gasteiger partial charge in [-0.1, -0.05) is 29.8 Å². The van der Waals surface area contributed by atoms with E-state index in [-0.39, 0.29) is 6.04 Å². The number of hydrogen-bond donors (Lipinski definition) is 1. The Balaban J connectivity index is 2.07. The van der Waals surface area contributed by atoms with Gasteiger partial charge in [-0.25, -0.2) is 4.98 Å². The Bertz CT molecular complexity index is 602. The van der Waals surface area contributed by atoms with Crippen LogP contribution in [-0.2, 0) is 6.42 Å². The third kappa shape index (κ3) is 3.92. The third-order valence-corrected chi connectivity index (χ3v) is 3.33. The predicted octanol–water partition coefficient (Wildman–Crippen LogP) is 2.43. The molecule has 2 aromatic rings. The maximum atomic E-state index is 6.23. The van der Waals surface area contributed by atoms with Crippen LogP contribution in [0.3, 0.4) is 0 Å². The summed E-state index contributed by atoms with van der Waals surface area (Å²) in [6, 6.07) is 8.20. The Hall–Kier alpha value is -2.14. The Morgan fingerprint density at radius 2 is 2.05 bits per heavy atom. The summed E-state index contributed by atoms with van der Waals surface area (Å²) in [4.78, 5) is 8.53. The first-order valence-electron chi connectivity index (χ1n) is 6.90. The van der Waals surface area contributed by atoms with E-state index in [1.54, 1.807) is 20.4 Å². The fourth-order valence-corrected chi connectivity index (χ4v) is 2.20. The largest absolute Gasteiger partial charge is 0.480 e. The van der Waals surface area contributed by atoms with E-state index in [0.717, 1.165) is 12.8 Å². The van der Waals surface area contributed by atoms with Crippen LogP contribution < -0.4 is 15.2 Å². The van der Waals surface area contributed by atoms with Gasteiger partial charge in [0.15, 0.2) is 0 Å². The van der Waals surface area contributed by atoms with E-state index in [4.69, 9.17) is 15.2 Å². The van der Waals surface area contributed by atoms with E-state index >= 15 is 0 Å². The van der Waals surface area contributed by atoms with Gasteiger partial charge in [-0.3, -0.25) is 0 Å². The van der Waals surface area contributed by atoms with Gasteiger partial charge in [0.2, 0.25) is 11.8 Å². The standard InChI is InChI=1S/C16H21N3O2/c1-11-5-4-6-12(9-11)7-8-13(17)15-16(21-3)19-14(20-2)10-18-15/h4-6,9-10,13H,7-8,17H2,1-3H3. The van der Waals surface area contributed by atoms with Crippen molar-refractivity contribution in [3.05, 3.63) is 47.3 Å². The third-order valence-electron chi connectivity index (χ3n) is 3.33. The van der Waals surface area contributed by atoms with Crippen LogP contribution in [0.15, 0.2) is 30.5 Å². The second kappa shape index (κ2) is 7.04. The predicted molar refractivity (Wildman–Crippen MR) is 81.6 cm³/mol. The molecule has 0 aliphatic rings. The van der Waals surface area contributed by atoms with Crippen molar-refractivity contribution >= 4 is 0 Å². The van der Waals surface area contributed by atoms with Crippen LogP contribution in [0.5, 0.6) is 11.8 Å². The number of benzene rings is 1. The molecule has 0 aliphatic carbocycles. The number of aromatic nitrogens is 2. The molecule has 0 saturated heterocycles. The van der Waals surface area contributed by atoms with Crippen LogP contribution in [0.4, 0.5) is 0 Å². The lowest BCUT2D eigenvalue weighted by Crippen LogP contribution is -2.15. The van der Waals surface area contributed by atoms with Gasteiger partial charge in [0.25, 0.3) is 0 Å². The second-order valence-corrected chi connectivity index (χ2v) is 4.94. The molecule has 5 heteroatoms. The average molecular weight is 287 g/mol. The molecule has 21 heavy (non-hydrogen) atoms. The molecule has 0 radical (unpaired) electrons. The lowest BCUT2D eigenvalue weighted by atomic mass is 10.0. The molecule has 1 aromatic carbocycles. The number of nitrogens with zero attached hydrogens (tertiary/aromatic N) is 2. The molecular weight excluding hydrogens is 266 g/mol. The molecule has 1 atom stereocenters. The molecule has 0 fully saturated rings. The number of aryl methyl sites for hydroxylation is 2. The second-order valence-electron chi connectivity index (χ2n) is 4.94. The van der Waals surface area contributed by atoms with Gasteiger partial charge in [-0.05, 0) is 25.3 Å². The summed E-state index contributed by atoms with van der Waals surface area (Å²) in [6.07, 6.45) is 3.23. The van der Waals surface area contributed by atoms with Crippen molar-refractivity contribution in [2.45, 2.75) is 25.8 Å². The fraction of sp³-hybridized carbons (Fsp3) is 0.375. The van der Waals surface area contributed by atoms with Crippen LogP contribution in [0.1, 0.15) is 29.3 Å². The van der Waals surface area contributed by atoms with Gasteiger partial charge in [-0.15, -0.1) is 0 Å². The summed E-state index contributed by atoms with van der Waals surface area (Å²) in [7, 11) is 3.10. The molecule has 5 nitrogen and oxygen atoms in total. The number of rotatable bonds is 6. The summed E-state index contributed by atoms with van der Waals surface area (Å²) < 4.78 is 10.3. The summed E-state index contributed by atoms with van der Waals surface area (Å²) >= 11 is 0.